The Bertz CT molecular complexity index is 528. The van der Waals surface area contributed by atoms with Crippen LogP contribution in [0.2, 0.25) is 0 Å². The highest BCUT2D eigenvalue weighted by atomic mass is 35.5. The summed E-state index contributed by atoms with van der Waals surface area (Å²) < 4.78 is 5.45. The first-order valence-electron chi connectivity index (χ1n) is 5.83. The molecule has 0 fully saturated rings. The molecule has 0 saturated heterocycles. The van der Waals surface area contributed by atoms with Crippen LogP contribution in [0.5, 0.6) is 0 Å². The van der Waals surface area contributed by atoms with Gasteiger partial charge in [0, 0.05) is 18.0 Å². The molecule has 1 N–H and O–H groups in total. The van der Waals surface area contributed by atoms with Crippen LogP contribution in [-0.2, 0) is 6.42 Å². The molecule has 0 aliphatic rings. The van der Waals surface area contributed by atoms with Crippen molar-refractivity contribution in [1.29, 1.82) is 0 Å². The van der Waals surface area contributed by atoms with Gasteiger partial charge in [0.15, 0.2) is 0 Å². The van der Waals surface area contributed by atoms with Crippen molar-refractivity contribution < 1.29 is 4.42 Å². The van der Waals surface area contributed by atoms with E-state index in [1.165, 1.54) is 5.56 Å². The largest absolute Gasteiger partial charge is 0.408 e. The number of halogens is 1. The minimum atomic E-state index is 0.408. The van der Waals surface area contributed by atoms with Gasteiger partial charge in [-0.15, -0.1) is 16.7 Å². The smallest absolute Gasteiger partial charge is 0.320 e. The van der Waals surface area contributed by atoms with Crippen molar-refractivity contribution in [1.82, 2.24) is 10.2 Å². The number of rotatable bonds is 4. The fraction of sp³-hybridized carbons (Fsp3) is 0.385. The van der Waals surface area contributed by atoms with Crippen LogP contribution < -0.4 is 5.32 Å². The number of nitrogens with zero attached hydrogens (tertiary/aromatic N) is 2. The summed E-state index contributed by atoms with van der Waals surface area (Å²) in [7, 11) is 0. The van der Waals surface area contributed by atoms with Crippen molar-refractivity contribution in [2.24, 2.45) is 0 Å². The number of alkyl halides is 1. The zero-order chi connectivity index (χ0) is 13.1. The van der Waals surface area contributed by atoms with Crippen molar-refractivity contribution in [3.05, 3.63) is 34.7 Å². The number of benzene rings is 1. The molecule has 1 aromatic carbocycles. The minimum Gasteiger partial charge on any atom is -0.408 e. The number of aryl methyl sites for hydroxylation is 4. The number of hydrogen-bond donors (Lipinski definition) is 1. The highest BCUT2D eigenvalue weighted by molar-refractivity contribution is 6.17. The van der Waals surface area contributed by atoms with Crippen molar-refractivity contribution >= 4 is 23.3 Å². The quantitative estimate of drug-likeness (QED) is 0.860. The average molecular weight is 266 g/mol. The summed E-state index contributed by atoms with van der Waals surface area (Å²) in [6.45, 7) is 6.19. The highest BCUT2D eigenvalue weighted by Crippen LogP contribution is 2.25. The second kappa shape index (κ2) is 5.40. The molecule has 5 heteroatoms. The second-order valence-electron chi connectivity index (χ2n) is 4.34. The summed E-state index contributed by atoms with van der Waals surface area (Å²) in [5.41, 5.74) is 4.57. The molecule has 0 atom stereocenters. The Morgan fingerprint density at radius 2 is 1.83 bits per heavy atom. The maximum Gasteiger partial charge on any atom is 0.320 e. The lowest BCUT2D eigenvalue weighted by molar-refractivity contribution is 0.516. The van der Waals surface area contributed by atoms with Gasteiger partial charge in [-0.25, -0.2) is 0 Å². The van der Waals surface area contributed by atoms with Crippen LogP contribution in [0.4, 0.5) is 11.7 Å². The molecule has 4 nitrogen and oxygen atoms in total. The molecule has 0 saturated carbocycles. The summed E-state index contributed by atoms with van der Waals surface area (Å²) >= 11 is 5.63. The normalized spacial score (nSPS) is 10.7. The van der Waals surface area contributed by atoms with Gasteiger partial charge in [-0.05, 0) is 31.9 Å². The fourth-order valence-corrected chi connectivity index (χ4v) is 2.13. The maximum atomic E-state index is 5.63. The Hall–Kier alpha value is -1.55. The summed E-state index contributed by atoms with van der Waals surface area (Å²) in [4.78, 5) is 0. The first-order valence-corrected chi connectivity index (χ1v) is 6.37. The number of hydrogen-bond acceptors (Lipinski definition) is 4. The molecular weight excluding hydrogens is 250 g/mol. The van der Waals surface area contributed by atoms with Crippen LogP contribution in [0.1, 0.15) is 22.6 Å². The van der Waals surface area contributed by atoms with E-state index in [-0.39, 0.29) is 0 Å². The standard InChI is InChI=1S/C13H16ClN3O/c1-8-6-9(2)12(10(3)7-8)15-13-17-16-11(18-13)4-5-14/h6-7H,4-5H2,1-3H3,(H,15,17). The van der Waals surface area contributed by atoms with Crippen LogP contribution in [0, 0.1) is 20.8 Å². The van der Waals surface area contributed by atoms with E-state index in [4.69, 9.17) is 16.0 Å². The summed E-state index contributed by atoms with van der Waals surface area (Å²) in [6.07, 6.45) is 0.585. The molecule has 0 unspecified atom stereocenters. The van der Waals surface area contributed by atoms with E-state index >= 15 is 0 Å². The van der Waals surface area contributed by atoms with Crippen LogP contribution >= 0.6 is 11.6 Å². The molecule has 0 amide bonds. The van der Waals surface area contributed by atoms with E-state index in [1.807, 2.05) is 0 Å². The van der Waals surface area contributed by atoms with E-state index in [0.717, 1.165) is 16.8 Å². The van der Waals surface area contributed by atoms with Crippen molar-refractivity contribution in [3.63, 3.8) is 0 Å². The molecule has 2 aromatic rings. The monoisotopic (exact) mass is 265 g/mol. The maximum absolute atomic E-state index is 5.63. The van der Waals surface area contributed by atoms with Gasteiger partial charge < -0.3 is 9.73 Å². The molecule has 0 aliphatic carbocycles. The number of anilines is 2. The highest BCUT2D eigenvalue weighted by Gasteiger charge is 2.09. The number of nitrogens with one attached hydrogen (secondary N) is 1. The topological polar surface area (TPSA) is 51.0 Å². The van der Waals surface area contributed by atoms with E-state index < -0.39 is 0 Å². The Labute approximate surface area is 111 Å². The van der Waals surface area contributed by atoms with Gasteiger partial charge in [0.1, 0.15) is 0 Å². The average Bonchev–Trinajstić information content (AvgIpc) is 2.72. The third-order valence-corrected chi connectivity index (χ3v) is 2.87. The molecule has 18 heavy (non-hydrogen) atoms. The zero-order valence-electron chi connectivity index (χ0n) is 10.7. The van der Waals surface area contributed by atoms with E-state index in [1.54, 1.807) is 0 Å². The second-order valence-corrected chi connectivity index (χ2v) is 4.72. The van der Waals surface area contributed by atoms with Gasteiger partial charge in [0.2, 0.25) is 5.89 Å². The van der Waals surface area contributed by atoms with Gasteiger partial charge >= 0.3 is 6.01 Å². The van der Waals surface area contributed by atoms with Gasteiger partial charge in [0.05, 0.1) is 0 Å². The van der Waals surface area contributed by atoms with Crippen molar-refractivity contribution in [3.8, 4) is 0 Å². The van der Waals surface area contributed by atoms with E-state index in [0.29, 0.717) is 24.2 Å². The summed E-state index contributed by atoms with van der Waals surface area (Å²) in [5.74, 6) is 1.03. The van der Waals surface area contributed by atoms with Gasteiger partial charge in [-0.3, -0.25) is 0 Å². The molecule has 1 heterocycles. The Morgan fingerprint density at radius 3 is 2.44 bits per heavy atom. The van der Waals surface area contributed by atoms with Gasteiger partial charge in [0.25, 0.3) is 0 Å². The fourth-order valence-electron chi connectivity index (χ4n) is 1.97. The molecule has 0 radical (unpaired) electrons. The van der Waals surface area contributed by atoms with Crippen LogP contribution in [0.25, 0.3) is 0 Å². The molecule has 96 valence electrons. The lowest BCUT2D eigenvalue weighted by atomic mass is 10.1. The van der Waals surface area contributed by atoms with Gasteiger partial charge in [-0.2, -0.15) is 0 Å². The molecule has 0 aliphatic heterocycles. The van der Waals surface area contributed by atoms with Crippen LogP contribution in [0.15, 0.2) is 16.5 Å². The van der Waals surface area contributed by atoms with E-state index in [2.05, 4.69) is 48.4 Å². The summed E-state index contributed by atoms with van der Waals surface area (Å²) in [6, 6.07) is 4.64. The van der Waals surface area contributed by atoms with Gasteiger partial charge in [-0.1, -0.05) is 22.8 Å². The first-order chi connectivity index (χ1) is 8.60. The lowest BCUT2D eigenvalue weighted by Gasteiger charge is -2.10. The Kier molecular flexibility index (Phi) is 3.87. The molecule has 2 rings (SSSR count). The third kappa shape index (κ3) is 2.82. The zero-order valence-corrected chi connectivity index (χ0v) is 11.5. The van der Waals surface area contributed by atoms with Crippen molar-refractivity contribution in [2.45, 2.75) is 27.2 Å². The summed E-state index contributed by atoms with van der Waals surface area (Å²) in [5, 5.41) is 11.0. The molecular formula is C13H16ClN3O. The predicted octanol–water partition coefficient (Wildman–Crippen LogP) is 3.52. The predicted molar refractivity (Wildman–Crippen MR) is 72.7 cm³/mol. The first kappa shape index (κ1) is 12.9. The van der Waals surface area contributed by atoms with E-state index in [9.17, 15) is 0 Å². The minimum absolute atomic E-state index is 0.408. The Balaban J connectivity index is 2.22. The Morgan fingerprint density at radius 1 is 1.17 bits per heavy atom. The third-order valence-electron chi connectivity index (χ3n) is 2.68. The SMILES string of the molecule is Cc1cc(C)c(Nc2nnc(CCCl)o2)c(C)c1. The molecule has 1 aromatic heterocycles. The van der Waals surface area contributed by atoms with Crippen LogP contribution in [0.3, 0.4) is 0 Å². The van der Waals surface area contributed by atoms with Crippen molar-refractivity contribution in [2.75, 3.05) is 11.2 Å². The molecule has 0 spiro atoms. The lowest BCUT2D eigenvalue weighted by Crippen LogP contribution is -1.97. The molecule has 0 bridgehead atoms. The number of aromatic nitrogens is 2. The van der Waals surface area contributed by atoms with Crippen LogP contribution in [-0.4, -0.2) is 16.1 Å².